The summed E-state index contributed by atoms with van der Waals surface area (Å²) in [6.07, 6.45) is 9.04. The van der Waals surface area contributed by atoms with Crippen molar-refractivity contribution in [3.8, 4) is 12.3 Å². The van der Waals surface area contributed by atoms with Gasteiger partial charge in [0.2, 0.25) is 0 Å². The van der Waals surface area contributed by atoms with E-state index in [0.29, 0.717) is 0 Å². The summed E-state index contributed by atoms with van der Waals surface area (Å²) in [4.78, 5) is 28.5. The lowest BCUT2D eigenvalue weighted by atomic mass is 9.94. The average Bonchev–Trinajstić information content (AvgIpc) is 2.45. The van der Waals surface area contributed by atoms with Crippen LogP contribution in [-0.2, 0) is 17.6 Å². The SMILES string of the molecule is C#CCN(CC(=O)O)c1nc2c(cc1C(N)=O)CCCC2. The number of hydrogen-bond acceptors (Lipinski definition) is 4. The van der Waals surface area contributed by atoms with Crippen molar-refractivity contribution in [1.82, 2.24) is 4.98 Å². The second-order valence-corrected chi connectivity index (χ2v) is 4.99. The number of rotatable bonds is 5. The van der Waals surface area contributed by atoms with Crippen LogP contribution in [0.2, 0.25) is 0 Å². The third kappa shape index (κ3) is 3.31. The van der Waals surface area contributed by atoms with Gasteiger partial charge in [-0.3, -0.25) is 9.59 Å². The monoisotopic (exact) mass is 287 g/mol. The molecule has 0 radical (unpaired) electrons. The first-order chi connectivity index (χ1) is 10.0. The largest absolute Gasteiger partial charge is 0.480 e. The Kier molecular flexibility index (Phi) is 4.43. The van der Waals surface area contributed by atoms with Crippen LogP contribution in [-0.4, -0.2) is 35.1 Å². The number of aryl methyl sites for hydroxylation is 2. The molecule has 0 unspecified atom stereocenters. The summed E-state index contributed by atoms with van der Waals surface area (Å²) in [7, 11) is 0. The number of nitrogens with two attached hydrogens (primary N) is 1. The molecule has 0 aliphatic heterocycles. The highest BCUT2D eigenvalue weighted by molar-refractivity contribution is 5.98. The number of fused-ring (bicyclic) bond motifs is 1. The molecular formula is C15H17N3O3. The van der Waals surface area contributed by atoms with Crippen LogP contribution < -0.4 is 10.6 Å². The van der Waals surface area contributed by atoms with Gasteiger partial charge in [-0.1, -0.05) is 5.92 Å². The van der Waals surface area contributed by atoms with Crippen molar-refractivity contribution in [1.29, 1.82) is 0 Å². The molecule has 1 aromatic rings. The van der Waals surface area contributed by atoms with E-state index < -0.39 is 11.9 Å². The highest BCUT2D eigenvalue weighted by Gasteiger charge is 2.22. The highest BCUT2D eigenvalue weighted by Crippen LogP contribution is 2.26. The topological polar surface area (TPSA) is 96.5 Å². The van der Waals surface area contributed by atoms with Gasteiger partial charge in [0.1, 0.15) is 12.4 Å². The zero-order valence-electron chi connectivity index (χ0n) is 11.6. The lowest BCUT2D eigenvalue weighted by Gasteiger charge is -2.24. The van der Waals surface area contributed by atoms with Crippen molar-refractivity contribution >= 4 is 17.7 Å². The molecule has 110 valence electrons. The summed E-state index contributed by atoms with van der Waals surface area (Å²) in [5.74, 6) is 0.987. The molecular weight excluding hydrogens is 270 g/mol. The van der Waals surface area contributed by atoms with E-state index in [4.69, 9.17) is 17.3 Å². The molecule has 1 aromatic heterocycles. The third-order valence-electron chi connectivity index (χ3n) is 3.45. The number of nitrogens with zero attached hydrogens (tertiary/aromatic N) is 2. The van der Waals surface area contributed by atoms with Crippen molar-refractivity contribution in [2.75, 3.05) is 18.0 Å². The molecule has 0 saturated heterocycles. The molecule has 1 aliphatic rings. The quantitative estimate of drug-likeness (QED) is 0.772. The normalized spacial score (nSPS) is 13.1. The minimum atomic E-state index is -1.04. The zero-order valence-corrected chi connectivity index (χ0v) is 11.6. The Bertz CT molecular complexity index is 619. The van der Waals surface area contributed by atoms with Gasteiger partial charge in [0.05, 0.1) is 12.1 Å². The van der Waals surface area contributed by atoms with Crippen LogP contribution in [0, 0.1) is 12.3 Å². The molecule has 0 fully saturated rings. The number of aliphatic carboxylic acids is 1. The number of carbonyl (C=O) groups excluding carboxylic acids is 1. The van der Waals surface area contributed by atoms with Gasteiger partial charge in [0.25, 0.3) is 5.91 Å². The number of carbonyl (C=O) groups is 2. The molecule has 2 rings (SSSR count). The van der Waals surface area contributed by atoms with E-state index in [2.05, 4.69) is 10.9 Å². The first kappa shape index (κ1) is 14.9. The maximum atomic E-state index is 11.7. The number of amides is 1. The number of pyridine rings is 1. The maximum Gasteiger partial charge on any atom is 0.323 e. The molecule has 0 aromatic carbocycles. The maximum absolute atomic E-state index is 11.7. The summed E-state index contributed by atoms with van der Waals surface area (Å²) < 4.78 is 0. The lowest BCUT2D eigenvalue weighted by Crippen LogP contribution is -2.33. The molecule has 21 heavy (non-hydrogen) atoms. The van der Waals surface area contributed by atoms with E-state index in [1.54, 1.807) is 6.07 Å². The van der Waals surface area contributed by atoms with Gasteiger partial charge >= 0.3 is 5.97 Å². The van der Waals surface area contributed by atoms with E-state index in [1.165, 1.54) is 4.90 Å². The number of aromatic nitrogens is 1. The summed E-state index contributed by atoms with van der Waals surface area (Å²) in [6.45, 7) is -0.269. The predicted octanol–water partition coefficient (Wildman–Crippen LogP) is 0.583. The van der Waals surface area contributed by atoms with Crippen molar-refractivity contribution in [2.45, 2.75) is 25.7 Å². The van der Waals surface area contributed by atoms with Gasteiger partial charge in [-0.25, -0.2) is 4.98 Å². The lowest BCUT2D eigenvalue weighted by molar-refractivity contribution is -0.135. The number of carboxylic acids is 1. The number of carboxylic acid groups (broad SMARTS) is 1. The van der Waals surface area contributed by atoms with Gasteiger partial charge in [-0.2, -0.15) is 0 Å². The summed E-state index contributed by atoms with van der Waals surface area (Å²) in [6, 6.07) is 1.73. The molecule has 6 nitrogen and oxygen atoms in total. The average molecular weight is 287 g/mol. The van der Waals surface area contributed by atoms with Crippen LogP contribution in [0.5, 0.6) is 0 Å². The molecule has 0 spiro atoms. The van der Waals surface area contributed by atoms with E-state index >= 15 is 0 Å². The van der Waals surface area contributed by atoms with Crippen LogP contribution in [0.3, 0.4) is 0 Å². The number of primary amides is 1. The first-order valence-electron chi connectivity index (χ1n) is 6.75. The van der Waals surface area contributed by atoms with Gasteiger partial charge in [-0.15, -0.1) is 6.42 Å². The highest BCUT2D eigenvalue weighted by atomic mass is 16.4. The smallest absolute Gasteiger partial charge is 0.323 e. The molecule has 0 saturated carbocycles. The zero-order chi connectivity index (χ0) is 15.4. The third-order valence-corrected chi connectivity index (χ3v) is 3.45. The fraction of sp³-hybridized carbons (Fsp3) is 0.400. The summed E-state index contributed by atoms with van der Waals surface area (Å²) in [5, 5.41) is 8.99. The summed E-state index contributed by atoms with van der Waals surface area (Å²) >= 11 is 0. The van der Waals surface area contributed by atoms with Crippen LogP contribution in [0.4, 0.5) is 5.82 Å². The van der Waals surface area contributed by atoms with E-state index in [-0.39, 0.29) is 24.5 Å². The van der Waals surface area contributed by atoms with Gasteiger partial charge in [0, 0.05) is 5.69 Å². The fourth-order valence-corrected chi connectivity index (χ4v) is 2.52. The van der Waals surface area contributed by atoms with Crippen LogP contribution in [0.15, 0.2) is 6.07 Å². The van der Waals surface area contributed by atoms with E-state index in [0.717, 1.165) is 36.9 Å². The molecule has 0 bridgehead atoms. The molecule has 1 heterocycles. The Morgan fingerprint density at radius 1 is 1.43 bits per heavy atom. The van der Waals surface area contributed by atoms with Crippen molar-refractivity contribution < 1.29 is 14.7 Å². The molecule has 1 amide bonds. The van der Waals surface area contributed by atoms with E-state index in [1.807, 2.05) is 0 Å². The molecule has 6 heteroatoms. The number of anilines is 1. The summed E-state index contributed by atoms with van der Waals surface area (Å²) in [5.41, 5.74) is 7.54. The van der Waals surface area contributed by atoms with Gasteiger partial charge < -0.3 is 15.7 Å². The van der Waals surface area contributed by atoms with Crippen molar-refractivity contribution in [3.63, 3.8) is 0 Å². The standard InChI is InChI=1S/C15H17N3O3/c1-2-7-18(9-13(19)20)15-11(14(16)21)8-10-5-3-4-6-12(10)17-15/h1,8H,3-7,9H2,(H2,16,21)(H,19,20). The van der Waals surface area contributed by atoms with Gasteiger partial charge in [0.15, 0.2) is 0 Å². The molecule has 0 atom stereocenters. The minimum Gasteiger partial charge on any atom is -0.480 e. The molecule has 3 N–H and O–H groups in total. The number of hydrogen-bond donors (Lipinski definition) is 2. The van der Waals surface area contributed by atoms with Gasteiger partial charge in [-0.05, 0) is 37.3 Å². The Hall–Kier alpha value is -2.55. The van der Waals surface area contributed by atoms with Crippen LogP contribution in [0.25, 0.3) is 0 Å². The Morgan fingerprint density at radius 2 is 2.14 bits per heavy atom. The van der Waals surface area contributed by atoms with E-state index in [9.17, 15) is 9.59 Å². The predicted molar refractivity (Wildman–Crippen MR) is 78.1 cm³/mol. The minimum absolute atomic E-state index is 0.0539. The van der Waals surface area contributed by atoms with Crippen LogP contribution in [0.1, 0.15) is 34.5 Å². The first-order valence-corrected chi connectivity index (χ1v) is 6.75. The Balaban J connectivity index is 2.50. The molecule has 1 aliphatic carbocycles. The Labute approximate surface area is 123 Å². The van der Waals surface area contributed by atoms with Crippen molar-refractivity contribution in [3.05, 3.63) is 22.9 Å². The fourth-order valence-electron chi connectivity index (χ4n) is 2.52. The second kappa shape index (κ2) is 6.27. The number of terminal acetylenes is 1. The Morgan fingerprint density at radius 3 is 2.76 bits per heavy atom. The second-order valence-electron chi connectivity index (χ2n) is 4.99. The van der Waals surface area contributed by atoms with Crippen LogP contribution >= 0.6 is 0 Å². The van der Waals surface area contributed by atoms with Crippen molar-refractivity contribution in [2.24, 2.45) is 5.73 Å².